The average Bonchev–Trinajstić information content (AvgIpc) is 3.25. The minimum atomic E-state index is 0.152. The van der Waals surface area contributed by atoms with E-state index in [4.69, 9.17) is 15.0 Å². The molecular weight excluding hydrogens is 671 g/mol. The Labute approximate surface area is 318 Å². The number of rotatable bonds is 6. The van der Waals surface area contributed by atoms with Gasteiger partial charge in [0, 0.05) is 22.3 Å². The van der Waals surface area contributed by atoms with E-state index in [0.717, 1.165) is 54.9 Å². The summed E-state index contributed by atoms with van der Waals surface area (Å²) in [4.78, 5) is 15.4. The maximum atomic E-state index is 11.7. The number of phenols is 1. The first-order valence-electron chi connectivity index (χ1n) is 18.4. The van der Waals surface area contributed by atoms with Gasteiger partial charge in [0.05, 0.1) is 0 Å². The highest BCUT2D eigenvalue weighted by atomic mass is 16.3. The van der Waals surface area contributed by atoms with Gasteiger partial charge in [0.2, 0.25) is 0 Å². The van der Waals surface area contributed by atoms with E-state index in [1.165, 1.54) is 16.3 Å². The Hall–Kier alpha value is -7.43. The quantitative estimate of drug-likeness (QED) is 0.187. The van der Waals surface area contributed by atoms with Gasteiger partial charge < -0.3 is 5.11 Å². The molecule has 0 radical (unpaired) electrons. The number of aromatic nitrogens is 3. The number of hydrogen-bond acceptors (Lipinski definition) is 4. The maximum absolute atomic E-state index is 11.7. The fourth-order valence-corrected chi connectivity index (χ4v) is 7.76. The summed E-state index contributed by atoms with van der Waals surface area (Å²) in [6.45, 7) is 0. The zero-order chi connectivity index (χ0) is 36.7. The Morgan fingerprint density at radius 1 is 0.291 bits per heavy atom. The van der Waals surface area contributed by atoms with Crippen LogP contribution in [0.3, 0.4) is 0 Å². The first-order valence-corrected chi connectivity index (χ1v) is 18.4. The fourth-order valence-electron chi connectivity index (χ4n) is 7.76. The molecule has 1 aromatic heterocycles. The van der Waals surface area contributed by atoms with Gasteiger partial charge in [-0.1, -0.05) is 182 Å². The summed E-state index contributed by atoms with van der Waals surface area (Å²) in [5.41, 5.74) is 8.40. The van der Waals surface area contributed by atoms with Gasteiger partial charge in [-0.3, -0.25) is 0 Å². The van der Waals surface area contributed by atoms with Crippen LogP contribution in [0.2, 0.25) is 0 Å². The lowest BCUT2D eigenvalue weighted by molar-refractivity contribution is 0.477. The molecule has 0 aliphatic rings. The van der Waals surface area contributed by atoms with E-state index in [-0.39, 0.29) is 5.75 Å². The van der Waals surface area contributed by atoms with Crippen molar-refractivity contribution in [1.29, 1.82) is 0 Å². The van der Waals surface area contributed by atoms with Gasteiger partial charge >= 0.3 is 0 Å². The molecule has 0 aliphatic heterocycles. The second kappa shape index (κ2) is 13.5. The summed E-state index contributed by atoms with van der Waals surface area (Å²) in [5, 5.41) is 18.7. The number of hydrogen-bond donors (Lipinski definition) is 1. The molecule has 10 rings (SSSR count). The molecule has 258 valence electrons. The smallest absolute Gasteiger partial charge is 0.164 e. The van der Waals surface area contributed by atoms with Crippen molar-refractivity contribution in [3.63, 3.8) is 0 Å². The molecule has 0 fully saturated rings. The Kier molecular flexibility index (Phi) is 7.93. The van der Waals surface area contributed by atoms with Crippen molar-refractivity contribution in [3.05, 3.63) is 194 Å². The SMILES string of the molecule is Oc1cccc(-c2nc(-c3ccc(-c4cccc5ccccc45)cc3)nc(-c3ccc4ccccc4c3)n2)c1-c1ccccc1-c1cccc2ccccc12. The average molecular weight is 704 g/mol. The zero-order valence-electron chi connectivity index (χ0n) is 29.8. The third-order valence-corrected chi connectivity index (χ3v) is 10.4. The highest BCUT2D eigenvalue weighted by molar-refractivity contribution is 6.03. The van der Waals surface area contributed by atoms with Gasteiger partial charge in [-0.2, -0.15) is 0 Å². The van der Waals surface area contributed by atoms with E-state index in [1.54, 1.807) is 6.07 Å². The molecule has 0 unspecified atom stereocenters. The Balaban J connectivity index is 1.16. The van der Waals surface area contributed by atoms with E-state index in [0.29, 0.717) is 28.6 Å². The summed E-state index contributed by atoms with van der Waals surface area (Å²) in [5.74, 6) is 1.73. The third kappa shape index (κ3) is 5.87. The molecule has 1 heterocycles. The molecular formula is C51H33N3O. The largest absolute Gasteiger partial charge is 0.507 e. The lowest BCUT2D eigenvalue weighted by Gasteiger charge is -2.17. The zero-order valence-corrected chi connectivity index (χ0v) is 29.8. The summed E-state index contributed by atoms with van der Waals surface area (Å²) < 4.78 is 0. The molecule has 55 heavy (non-hydrogen) atoms. The minimum absolute atomic E-state index is 0.152. The van der Waals surface area contributed by atoms with Crippen LogP contribution in [0.5, 0.6) is 5.75 Å². The number of benzene rings is 9. The summed E-state index contributed by atoms with van der Waals surface area (Å²) in [6, 6.07) is 66.4. The van der Waals surface area contributed by atoms with Crippen LogP contribution in [0.4, 0.5) is 0 Å². The highest BCUT2D eigenvalue weighted by Gasteiger charge is 2.21. The van der Waals surface area contributed by atoms with E-state index >= 15 is 0 Å². The molecule has 4 nitrogen and oxygen atoms in total. The Morgan fingerprint density at radius 2 is 0.764 bits per heavy atom. The van der Waals surface area contributed by atoms with E-state index in [2.05, 4.69) is 152 Å². The number of phenolic OH excluding ortho intramolecular Hbond substituents is 1. The number of fused-ring (bicyclic) bond motifs is 3. The molecule has 1 N–H and O–H groups in total. The van der Waals surface area contributed by atoms with Crippen LogP contribution >= 0.6 is 0 Å². The maximum Gasteiger partial charge on any atom is 0.164 e. The van der Waals surface area contributed by atoms with E-state index < -0.39 is 0 Å². The van der Waals surface area contributed by atoms with Crippen LogP contribution < -0.4 is 0 Å². The predicted molar refractivity (Wildman–Crippen MR) is 227 cm³/mol. The lowest BCUT2D eigenvalue weighted by Crippen LogP contribution is -2.01. The topological polar surface area (TPSA) is 58.9 Å². The van der Waals surface area contributed by atoms with Crippen LogP contribution in [0.1, 0.15) is 0 Å². The van der Waals surface area contributed by atoms with Gasteiger partial charge in [-0.05, 0) is 72.3 Å². The summed E-state index contributed by atoms with van der Waals surface area (Å²) >= 11 is 0. The van der Waals surface area contributed by atoms with Crippen molar-refractivity contribution in [2.45, 2.75) is 0 Å². The molecule has 0 bridgehead atoms. The van der Waals surface area contributed by atoms with Gasteiger partial charge in [-0.15, -0.1) is 0 Å². The van der Waals surface area contributed by atoms with Crippen LogP contribution in [0.15, 0.2) is 194 Å². The van der Waals surface area contributed by atoms with Crippen molar-refractivity contribution in [2.24, 2.45) is 0 Å². The normalized spacial score (nSPS) is 11.3. The Morgan fingerprint density at radius 3 is 1.51 bits per heavy atom. The van der Waals surface area contributed by atoms with E-state index in [9.17, 15) is 5.11 Å². The summed E-state index contributed by atoms with van der Waals surface area (Å²) in [6.07, 6.45) is 0. The molecule has 10 aromatic rings. The number of nitrogens with zero attached hydrogens (tertiary/aromatic N) is 3. The molecule has 0 saturated carbocycles. The van der Waals surface area contributed by atoms with Crippen LogP contribution in [0, 0.1) is 0 Å². The van der Waals surface area contributed by atoms with E-state index in [1.807, 2.05) is 36.4 Å². The molecule has 0 saturated heterocycles. The lowest BCUT2D eigenvalue weighted by atomic mass is 9.89. The first-order chi connectivity index (χ1) is 27.2. The highest BCUT2D eigenvalue weighted by Crippen LogP contribution is 2.44. The second-order valence-corrected chi connectivity index (χ2v) is 13.7. The molecule has 0 atom stereocenters. The second-order valence-electron chi connectivity index (χ2n) is 13.7. The standard InChI is InChI=1S/C51H33N3O/c55-47-25-11-24-46(48(47)45-21-8-7-20-44(45)43-23-10-17-35-14-4-6-19-42(35)43)51-53-49(52-50(54-51)39-31-26-33-12-1-2-15-38(33)32-39)37-29-27-36(28-30-37)41-22-9-16-34-13-3-5-18-40(34)41/h1-32,55H. The molecule has 0 amide bonds. The van der Waals surface area contributed by atoms with Crippen LogP contribution in [-0.4, -0.2) is 20.1 Å². The van der Waals surface area contributed by atoms with Crippen LogP contribution in [-0.2, 0) is 0 Å². The van der Waals surface area contributed by atoms with Gasteiger partial charge in [0.15, 0.2) is 17.5 Å². The van der Waals surface area contributed by atoms with Gasteiger partial charge in [0.1, 0.15) is 5.75 Å². The number of aromatic hydroxyl groups is 1. The third-order valence-electron chi connectivity index (χ3n) is 10.4. The summed E-state index contributed by atoms with van der Waals surface area (Å²) in [7, 11) is 0. The predicted octanol–water partition coefficient (Wildman–Crippen LogP) is 13.0. The van der Waals surface area contributed by atoms with Crippen molar-refractivity contribution in [2.75, 3.05) is 0 Å². The first kappa shape index (κ1) is 32.2. The molecule has 0 aliphatic carbocycles. The van der Waals surface area contributed by atoms with Crippen molar-refractivity contribution < 1.29 is 5.11 Å². The molecule has 9 aromatic carbocycles. The fraction of sp³-hybridized carbons (Fsp3) is 0. The van der Waals surface area contributed by atoms with Crippen LogP contribution in [0.25, 0.3) is 99.9 Å². The molecule has 4 heteroatoms. The van der Waals surface area contributed by atoms with Gasteiger partial charge in [-0.25, -0.2) is 15.0 Å². The van der Waals surface area contributed by atoms with Crippen molar-refractivity contribution in [1.82, 2.24) is 15.0 Å². The minimum Gasteiger partial charge on any atom is -0.507 e. The monoisotopic (exact) mass is 703 g/mol. The van der Waals surface area contributed by atoms with Crippen molar-refractivity contribution in [3.8, 4) is 73.3 Å². The molecule has 0 spiro atoms. The van der Waals surface area contributed by atoms with Crippen molar-refractivity contribution >= 4 is 32.3 Å². The van der Waals surface area contributed by atoms with Gasteiger partial charge in [0.25, 0.3) is 0 Å². The Bertz CT molecular complexity index is 3050.